The van der Waals surface area contributed by atoms with Crippen molar-refractivity contribution in [1.29, 1.82) is 0 Å². The van der Waals surface area contributed by atoms with E-state index in [1.165, 1.54) is 30.7 Å². The number of aliphatic hydroxyl groups is 1. The number of carbonyl (C=O) groups excluding carboxylic acids is 2. The maximum Gasteiger partial charge on any atom is 0.573 e. The molecular weight excluding hydrogens is 475 g/mol. The molecule has 196 valence electrons. The van der Waals surface area contributed by atoms with E-state index in [1.54, 1.807) is 30.3 Å². The Kier molecular flexibility index (Phi) is 9.98. The zero-order chi connectivity index (χ0) is 26.0. The highest BCUT2D eigenvalue weighted by Crippen LogP contribution is 2.28. The Balaban J connectivity index is 1.51. The highest BCUT2D eigenvalue weighted by Gasteiger charge is 2.31. The Hall–Kier alpha value is -3.27. The molecule has 2 aromatic rings. The van der Waals surface area contributed by atoms with Gasteiger partial charge in [-0.2, -0.15) is 0 Å². The minimum Gasteiger partial charge on any atom is -0.406 e. The predicted molar refractivity (Wildman–Crippen MR) is 129 cm³/mol. The van der Waals surface area contributed by atoms with Crippen molar-refractivity contribution in [1.82, 2.24) is 10.6 Å². The van der Waals surface area contributed by atoms with E-state index in [0.29, 0.717) is 30.1 Å². The quantitative estimate of drug-likeness (QED) is 0.340. The van der Waals surface area contributed by atoms with Crippen LogP contribution in [0.1, 0.15) is 50.2 Å². The molecule has 0 saturated heterocycles. The van der Waals surface area contributed by atoms with Crippen LogP contribution < -0.4 is 20.7 Å². The summed E-state index contributed by atoms with van der Waals surface area (Å²) in [6.07, 6.45) is -0.285. The smallest absolute Gasteiger partial charge is 0.406 e. The lowest BCUT2D eigenvalue weighted by atomic mass is 9.84. The molecule has 0 aliphatic heterocycles. The molecule has 1 unspecified atom stereocenters. The minimum atomic E-state index is -4.75. The zero-order valence-electron chi connectivity index (χ0n) is 19.9. The van der Waals surface area contributed by atoms with Crippen molar-refractivity contribution >= 4 is 17.5 Å². The van der Waals surface area contributed by atoms with Gasteiger partial charge in [0.15, 0.2) is 6.10 Å². The SMILES string of the molecule is O=C(NCCNc1ccc(OC(F)(F)F)cc1)C(CC1CCCCC1)NC(=O)[C@@H](O)c1ccccc1. The van der Waals surface area contributed by atoms with E-state index in [2.05, 4.69) is 20.7 Å². The van der Waals surface area contributed by atoms with Crippen LogP contribution in [0.2, 0.25) is 0 Å². The summed E-state index contributed by atoms with van der Waals surface area (Å²) in [4.78, 5) is 25.6. The molecule has 10 heteroatoms. The molecule has 0 aromatic heterocycles. The Labute approximate surface area is 208 Å². The lowest BCUT2D eigenvalue weighted by Crippen LogP contribution is -2.49. The maximum atomic E-state index is 12.9. The Bertz CT molecular complexity index is 965. The molecule has 1 fully saturated rings. The van der Waals surface area contributed by atoms with Gasteiger partial charge in [0, 0.05) is 18.8 Å². The van der Waals surface area contributed by atoms with E-state index < -0.39 is 24.4 Å². The average molecular weight is 508 g/mol. The van der Waals surface area contributed by atoms with Gasteiger partial charge in [0.25, 0.3) is 5.91 Å². The molecule has 4 N–H and O–H groups in total. The van der Waals surface area contributed by atoms with E-state index in [-0.39, 0.29) is 18.2 Å². The van der Waals surface area contributed by atoms with Crippen LogP contribution in [0.3, 0.4) is 0 Å². The highest BCUT2D eigenvalue weighted by atomic mass is 19.4. The molecule has 2 aromatic carbocycles. The number of ether oxygens (including phenoxy) is 1. The molecule has 3 rings (SSSR count). The number of rotatable bonds is 11. The van der Waals surface area contributed by atoms with Crippen molar-refractivity contribution in [2.45, 2.75) is 57.0 Å². The van der Waals surface area contributed by atoms with Crippen LogP contribution in [0.4, 0.5) is 18.9 Å². The molecule has 36 heavy (non-hydrogen) atoms. The molecule has 1 aliphatic carbocycles. The van der Waals surface area contributed by atoms with E-state index >= 15 is 0 Å². The van der Waals surface area contributed by atoms with Gasteiger partial charge in [0.2, 0.25) is 5.91 Å². The number of anilines is 1. The van der Waals surface area contributed by atoms with Crippen molar-refractivity contribution in [3.05, 3.63) is 60.2 Å². The number of halogens is 3. The second-order valence-electron chi connectivity index (χ2n) is 8.90. The van der Waals surface area contributed by atoms with Crippen molar-refractivity contribution in [3.8, 4) is 5.75 Å². The normalized spacial score (nSPS) is 16.0. The third kappa shape index (κ3) is 9.07. The third-order valence-corrected chi connectivity index (χ3v) is 6.13. The van der Waals surface area contributed by atoms with Crippen LogP contribution in [0.15, 0.2) is 54.6 Å². The van der Waals surface area contributed by atoms with Gasteiger partial charge in [0.05, 0.1) is 0 Å². The average Bonchev–Trinajstić information content (AvgIpc) is 2.86. The monoisotopic (exact) mass is 507 g/mol. The van der Waals surface area contributed by atoms with Crippen molar-refractivity contribution in [2.75, 3.05) is 18.4 Å². The molecule has 2 amide bonds. The first-order valence-electron chi connectivity index (χ1n) is 12.1. The second-order valence-corrected chi connectivity index (χ2v) is 8.90. The van der Waals surface area contributed by atoms with Gasteiger partial charge in [-0.05, 0) is 42.2 Å². The molecule has 1 saturated carbocycles. The number of hydrogen-bond acceptors (Lipinski definition) is 5. The summed E-state index contributed by atoms with van der Waals surface area (Å²) in [6, 6.07) is 13.0. The van der Waals surface area contributed by atoms with Crippen molar-refractivity contribution in [3.63, 3.8) is 0 Å². The Morgan fingerprint density at radius 2 is 1.61 bits per heavy atom. The molecular formula is C26H32F3N3O4. The zero-order valence-corrected chi connectivity index (χ0v) is 19.9. The van der Waals surface area contributed by atoms with Crippen LogP contribution in [-0.2, 0) is 9.59 Å². The molecule has 0 spiro atoms. The standard InChI is InChI=1S/C26H32F3N3O4/c27-26(28,29)36-21-13-11-20(12-14-21)30-15-16-31-24(34)22(17-18-7-3-1-4-8-18)32-25(35)23(33)19-9-5-2-6-10-19/h2,5-6,9-14,18,22-23,30,33H,1,3-4,7-8,15-17H2,(H,31,34)(H,32,35)/t22?,23-/m0/s1. The molecule has 0 radical (unpaired) electrons. The van der Waals surface area contributed by atoms with E-state index in [9.17, 15) is 27.9 Å². The number of alkyl halides is 3. The molecule has 2 atom stereocenters. The van der Waals surface area contributed by atoms with Gasteiger partial charge >= 0.3 is 6.36 Å². The molecule has 0 bridgehead atoms. The summed E-state index contributed by atoms with van der Waals surface area (Å²) in [5.74, 6) is -0.971. The lowest BCUT2D eigenvalue weighted by Gasteiger charge is -2.27. The second kappa shape index (κ2) is 13.2. The van der Waals surface area contributed by atoms with Crippen LogP contribution in [0, 0.1) is 5.92 Å². The fourth-order valence-corrected chi connectivity index (χ4v) is 4.32. The number of nitrogens with one attached hydrogen (secondary N) is 3. The number of aliphatic hydroxyl groups excluding tert-OH is 1. The van der Waals surface area contributed by atoms with Gasteiger partial charge in [-0.15, -0.1) is 13.2 Å². The van der Waals surface area contributed by atoms with Crippen LogP contribution in [0.5, 0.6) is 5.75 Å². The summed E-state index contributed by atoms with van der Waals surface area (Å²) in [7, 11) is 0. The maximum absolute atomic E-state index is 12.9. The number of carbonyl (C=O) groups is 2. The first-order chi connectivity index (χ1) is 17.2. The van der Waals surface area contributed by atoms with Gasteiger partial charge < -0.3 is 25.8 Å². The molecule has 0 heterocycles. The number of benzene rings is 2. The number of amides is 2. The Morgan fingerprint density at radius 3 is 2.25 bits per heavy atom. The molecule has 1 aliphatic rings. The van der Waals surface area contributed by atoms with Crippen LogP contribution in [-0.4, -0.2) is 42.4 Å². The minimum absolute atomic E-state index is 0.234. The van der Waals surface area contributed by atoms with E-state index in [1.807, 2.05) is 0 Å². The Morgan fingerprint density at radius 1 is 0.944 bits per heavy atom. The van der Waals surface area contributed by atoms with Crippen molar-refractivity contribution in [2.24, 2.45) is 5.92 Å². The van der Waals surface area contributed by atoms with Crippen LogP contribution >= 0.6 is 0 Å². The lowest BCUT2D eigenvalue weighted by molar-refractivity contribution is -0.274. The first-order valence-corrected chi connectivity index (χ1v) is 12.1. The summed E-state index contributed by atoms with van der Waals surface area (Å²) < 4.78 is 40.7. The van der Waals surface area contributed by atoms with E-state index in [4.69, 9.17) is 0 Å². The van der Waals surface area contributed by atoms with Crippen LogP contribution in [0.25, 0.3) is 0 Å². The largest absolute Gasteiger partial charge is 0.573 e. The van der Waals surface area contributed by atoms with Gasteiger partial charge in [0.1, 0.15) is 11.8 Å². The number of hydrogen-bond donors (Lipinski definition) is 4. The van der Waals surface area contributed by atoms with E-state index in [0.717, 1.165) is 25.7 Å². The fourth-order valence-electron chi connectivity index (χ4n) is 4.32. The topological polar surface area (TPSA) is 99.7 Å². The van der Waals surface area contributed by atoms with Gasteiger partial charge in [-0.3, -0.25) is 9.59 Å². The fraction of sp³-hybridized carbons (Fsp3) is 0.462. The molecule has 7 nitrogen and oxygen atoms in total. The predicted octanol–water partition coefficient (Wildman–Crippen LogP) is 4.30. The van der Waals surface area contributed by atoms with Crippen molar-refractivity contribution < 1.29 is 32.6 Å². The summed E-state index contributed by atoms with van der Waals surface area (Å²) in [5.41, 5.74) is 1.01. The van der Waals surface area contributed by atoms with Gasteiger partial charge in [-0.1, -0.05) is 62.4 Å². The first kappa shape index (κ1) is 27.3. The third-order valence-electron chi connectivity index (χ3n) is 6.13. The highest BCUT2D eigenvalue weighted by molar-refractivity contribution is 5.89. The summed E-state index contributed by atoms with van der Waals surface area (Å²) >= 11 is 0. The van der Waals surface area contributed by atoms with Gasteiger partial charge in [-0.25, -0.2) is 0 Å². The summed E-state index contributed by atoms with van der Waals surface area (Å²) in [5, 5.41) is 19.0. The summed E-state index contributed by atoms with van der Waals surface area (Å²) in [6.45, 7) is 0.555.